The van der Waals surface area contributed by atoms with Crippen LogP contribution < -0.4 is 10.1 Å². The van der Waals surface area contributed by atoms with Crippen LogP contribution in [0.2, 0.25) is 0 Å². The summed E-state index contributed by atoms with van der Waals surface area (Å²) in [5.41, 5.74) is 0.713. The summed E-state index contributed by atoms with van der Waals surface area (Å²) in [7, 11) is 1.59. The van der Waals surface area contributed by atoms with Crippen molar-refractivity contribution < 1.29 is 14.3 Å². The molecule has 0 unspecified atom stereocenters. The molecular formula is C19H18N2O3S3. The Morgan fingerprint density at radius 2 is 2.07 bits per heavy atom. The number of thioether (sulfide) groups is 1. The van der Waals surface area contributed by atoms with Gasteiger partial charge in [0.25, 0.3) is 5.91 Å². The van der Waals surface area contributed by atoms with Crippen LogP contribution in [-0.2, 0) is 9.59 Å². The van der Waals surface area contributed by atoms with Crippen molar-refractivity contribution in [2.45, 2.75) is 12.8 Å². The van der Waals surface area contributed by atoms with Gasteiger partial charge in [-0.25, -0.2) is 0 Å². The van der Waals surface area contributed by atoms with Crippen LogP contribution in [0.3, 0.4) is 0 Å². The zero-order valence-electron chi connectivity index (χ0n) is 14.6. The van der Waals surface area contributed by atoms with Gasteiger partial charge in [-0.1, -0.05) is 30.0 Å². The highest BCUT2D eigenvalue weighted by Gasteiger charge is 2.31. The fourth-order valence-corrected chi connectivity index (χ4v) is 4.52. The Labute approximate surface area is 171 Å². The molecule has 1 aliphatic rings. The van der Waals surface area contributed by atoms with Crippen LogP contribution in [0, 0.1) is 0 Å². The monoisotopic (exact) mass is 418 g/mol. The van der Waals surface area contributed by atoms with E-state index in [0.717, 1.165) is 10.6 Å². The number of amides is 2. The SMILES string of the molecule is COc1ccc(NC(=O)CCCN2C(=O)/C(=C/c3cccs3)SC2=S)cc1. The highest BCUT2D eigenvalue weighted by atomic mass is 32.2. The fraction of sp³-hybridized carbons (Fsp3) is 0.211. The predicted octanol–water partition coefficient (Wildman–Crippen LogP) is 4.38. The van der Waals surface area contributed by atoms with Gasteiger partial charge in [-0.3, -0.25) is 14.5 Å². The first kappa shape index (κ1) is 19.6. The zero-order chi connectivity index (χ0) is 19.2. The number of anilines is 1. The van der Waals surface area contributed by atoms with Crippen LogP contribution in [0.1, 0.15) is 17.7 Å². The summed E-state index contributed by atoms with van der Waals surface area (Å²) in [4.78, 5) is 27.8. The van der Waals surface area contributed by atoms with Crippen molar-refractivity contribution >= 4 is 63.2 Å². The maximum absolute atomic E-state index is 12.5. The van der Waals surface area contributed by atoms with Gasteiger partial charge in [0.05, 0.1) is 12.0 Å². The first-order valence-electron chi connectivity index (χ1n) is 8.29. The third kappa shape index (κ3) is 5.18. The molecule has 3 rings (SSSR count). The molecule has 2 heterocycles. The lowest BCUT2D eigenvalue weighted by atomic mass is 10.2. The number of benzene rings is 1. The van der Waals surface area contributed by atoms with Crippen LogP contribution in [0.4, 0.5) is 5.69 Å². The molecule has 0 bridgehead atoms. The molecule has 1 aromatic carbocycles. The van der Waals surface area contributed by atoms with E-state index in [4.69, 9.17) is 17.0 Å². The summed E-state index contributed by atoms with van der Waals surface area (Å²) in [5.74, 6) is 0.548. The fourth-order valence-electron chi connectivity index (χ4n) is 2.49. The second-order valence-electron chi connectivity index (χ2n) is 5.73. The summed E-state index contributed by atoms with van der Waals surface area (Å²) < 4.78 is 5.63. The van der Waals surface area contributed by atoms with Gasteiger partial charge in [0, 0.05) is 23.5 Å². The van der Waals surface area contributed by atoms with Crippen LogP contribution in [0.25, 0.3) is 6.08 Å². The van der Waals surface area contributed by atoms with Crippen molar-refractivity contribution in [1.82, 2.24) is 4.90 Å². The Hall–Kier alpha value is -2.16. The summed E-state index contributed by atoms with van der Waals surface area (Å²) >= 11 is 8.20. The molecule has 8 heteroatoms. The third-order valence-corrected chi connectivity index (χ3v) is 6.05. The average Bonchev–Trinajstić information content (AvgIpc) is 3.26. The van der Waals surface area contributed by atoms with Gasteiger partial charge in [0.1, 0.15) is 10.1 Å². The maximum atomic E-state index is 12.5. The van der Waals surface area contributed by atoms with E-state index >= 15 is 0 Å². The van der Waals surface area contributed by atoms with Crippen LogP contribution in [0.15, 0.2) is 46.7 Å². The van der Waals surface area contributed by atoms with Crippen LogP contribution in [-0.4, -0.2) is 34.7 Å². The minimum absolute atomic E-state index is 0.0889. The largest absolute Gasteiger partial charge is 0.497 e. The maximum Gasteiger partial charge on any atom is 0.266 e. The molecule has 5 nitrogen and oxygen atoms in total. The van der Waals surface area contributed by atoms with Crippen molar-refractivity contribution in [2.24, 2.45) is 0 Å². The highest BCUT2D eigenvalue weighted by Crippen LogP contribution is 2.33. The molecule has 2 amide bonds. The van der Waals surface area contributed by atoms with E-state index in [9.17, 15) is 9.59 Å². The lowest BCUT2D eigenvalue weighted by Gasteiger charge is -2.14. The minimum Gasteiger partial charge on any atom is -0.497 e. The van der Waals surface area contributed by atoms with Gasteiger partial charge in [0.2, 0.25) is 5.91 Å². The van der Waals surface area contributed by atoms with Crippen molar-refractivity contribution in [3.8, 4) is 5.75 Å². The Kier molecular flexibility index (Phi) is 6.65. The van der Waals surface area contributed by atoms with Crippen LogP contribution >= 0.6 is 35.3 Å². The zero-order valence-corrected chi connectivity index (χ0v) is 17.1. The summed E-state index contributed by atoms with van der Waals surface area (Å²) in [6, 6.07) is 11.0. The van der Waals surface area contributed by atoms with Crippen molar-refractivity contribution in [2.75, 3.05) is 19.0 Å². The molecule has 2 aromatic rings. The average molecular weight is 419 g/mol. The number of ether oxygens (including phenoxy) is 1. The van der Waals surface area contributed by atoms with E-state index in [-0.39, 0.29) is 11.8 Å². The van der Waals surface area contributed by atoms with Crippen LogP contribution in [0.5, 0.6) is 5.75 Å². The Morgan fingerprint density at radius 1 is 1.30 bits per heavy atom. The predicted molar refractivity (Wildman–Crippen MR) is 115 cm³/mol. The quantitative estimate of drug-likeness (QED) is 0.534. The number of methoxy groups -OCH3 is 1. The van der Waals surface area contributed by atoms with Crippen molar-refractivity contribution in [3.05, 3.63) is 51.6 Å². The Morgan fingerprint density at radius 3 is 2.74 bits per heavy atom. The number of nitrogens with one attached hydrogen (secondary N) is 1. The second kappa shape index (κ2) is 9.16. The molecule has 1 saturated heterocycles. The van der Waals surface area contributed by atoms with Gasteiger partial charge < -0.3 is 10.1 Å². The lowest BCUT2D eigenvalue weighted by Crippen LogP contribution is -2.29. The van der Waals surface area contributed by atoms with E-state index in [2.05, 4.69) is 5.32 Å². The number of hydrogen-bond acceptors (Lipinski definition) is 6. The lowest BCUT2D eigenvalue weighted by molar-refractivity contribution is -0.122. The molecule has 1 N–H and O–H groups in total. The molecule has 0 spiro atoms. The van der Waals surface area contributed by atoms with Gasteiger partial charge in [0.15, 0.2) is 0 Å². The number of nitrogens with zero attached hydrogens (tertiary/aromatic N) is 1. The van der Waals surface area contributed by atoms with Gasteiger partial charge >= 0.3 is 0 Å². The molecule has 1 aliphatic heterocycles. The standard InChI is InChI=1S/C19H18N2O3S3/c1-24-14-8-6-13(7-9-14)20-17(22)5-2-10-21-18(23)16(27-19(21)25)12-15-4-3-11-26-15/h3-4,6-9,11-12H,2,5,10H2,1H3,(H,20,22)/b16-12-. The second-order valence-corrected chi connectivity index (χ2v) is 8.38. The topological polar surface area (TPSA) is 58.6 Å². The summed E-state index contributed by atoms with van der Waals surface area (Å²) in [6.45, 7) is 0.433. The number of carbonyl (C=O) groups excluding carboxylic acids is 2. The summed E-state index contributed by atoms with van der Waals surface area (Å²) in [6.07, 6.45) is 2.72. The number of carbonyl (C=O) groups is 2. The molecule has 140 valence electrons. The number of thiocarbonyl (C=S) groups is 1. The van der Waals surface area contributed by atoms with E-state index < -0.39 is 0 Å². The van der Waals surface area contributed by atoms with Gasteiger partial charge in [-0.2, -0.15) is 0 Å². The van der Waals surface area contributed by atoms with Crippen molar-refractivity contribution in [3.63, 3.8) is 0 Å². The van der Waals surface area contributed by atoms with E-state index in [1.54, 1.807) is 47.6 Å². The Bertz CT molecular complexity index is 861. The number of rotatable bonds is 7. The van der Waals surface area contributed by atoms with Gasteiger partial charge in [-0.05, 0) is 48.2 Å². The first-order chi connectivity index (χ1) is 13.1. The normalized spacial score (nSPS) is 15.4. The van der Waals surface area contributed by atoms with E-state index in [1.807, 2.05) is 23.6 Å². The first-order valence-corrected chi connectivity index (χ1v) is 10.4. The molecule has 27 heavy (non-hydrogen) atoms. The third-order valence-electron chi connectivity index (χ3n) is 3.85. The van der Waals surface area contributed by atoms with E-state index in [1.165, 1.54) is 11.8 Å². The molecule has 1 aromatic heterocycles. The molecule has 1 fully saturated rings. The van der Waals surface area contributed by atoms with Crippen molar-refractivity contribution in [1.29, 1.82) is 0 Å². The summed E-state index contributed by atoms with van der Waals surface area (Å²) in [5, 5.41) is 4.80. The molecule has 0 saturated carbocycles. The highest BCUT2D eigenvalue weighted by molar-refractivity contribution is 8.26. The molecular weight excluding hydrogens is 400 g/mol. The van der Waals surface area contributed by atoms with Gasteiger partial charge in [-0.15, -0.1) is 11.3 Å². The number of hydrogen-bond donors (Lipinski definition) is 1. The molecule has 0 aliphatic carbocycles. The van der Waals surface area contributed by atoms with E-state index in [0.29, 0.717) is 34.3 Å². The minimum atomic E-state index is -0.0975. The molecule has 0 radical (unpaired) electrons. The smallest absolute Gasteiger partial charge is 0.266 e. The number of thiophene rings is 1. The Balaban J connectivity index is 1.48. The molecule has 0 atom stereocenters.